The molecule has 4 heteroatoms. The van der Waals surface area contributed by atoms with E-state index in [4.69, 9.17) is 8.83 Å². The predicted molar refractivity (Wildman–Crippen MR) is 396 cm³/mol. The Bertz CT molecular complexity index is 6030. The second-order valence-electron chi connectivity index (χ2n) is 24.3. The van der Waals surface area contributed by atoms with E-state index in [1.807, 2.05) is 12.1 Å². The van der Waals surface area contributed by atoms with Gasteiger partial charge in [0.15, 0.2) is 0 Å². The zero-order valence-corrected chi connectivity index (χ0v) is 52.1. The SMILES string of the molecule is Brc1cc(-c2ccccc2)cc(-c2ccccc2)c1.c1ccc(-c2cc(-c3ccccc3)cc(-n3c4ccccc4c4cc5c(cc43)oc3c4ccccc4c4ccccc4c53)c2)cc1.c1ccc2c(c1)Cc1cc3oc4c5ccccc5c5ccccc5c4c3cc1-2. The van der Waals surface area contributed by atoms with E-state index in [0.717, 1.165) is 55.2 Å². The van der Waals surface area contributed by atoms with E-state index in [1.54, 1.807) is 0 Å². The van der Waals surface area contributed by atoms with E-state index in [-0.39, 0.29) is 0 Å². The van der Waals surface area contributed by atoms with E-state index in [1.165, 1.54) is 137 Å². The monoisotopic (exact) mass is 1250 g/mol. The van der Waals surface area contributed by atoms with E-state index in [9.17, 15) is 0 Å². The molecular formula is C89H56BrNO2. The molecule has 0 atom stereocenters. The van der Waals surface area contributed by atoms with Crippen LogP contribution in [0.25, 0.3) is 170 Å². The molecule has 0 radical (unpaired) electrons. The summed E-state index contributed by atoms with van der Waals surface area (Å²) in [6, 6.07) is 117. The highest BCUT2D eigenvalue weighted by Gasteiger charge is 2.24. The summed E-state index contributed by atoms with van der Waals surface area (Å²) in [5.41, 5.74) is 22.4. The van der Waals surface area contributed by atoms with Crippen LogP contribution < -0.4 is 0 Å². The van der Waals surface area contributed by atoms with Crippen molar-refractivity contribution in [2.45, 2.75) is 6.42 Å². The van der Waals surface area contributed by atoms with Crippen molar-refractivity contribution in [1.29, 1.82) is 0 Å². The van der Waals surface area contributed by atoms with E-state index in [0.29, 0.717) is 0 Å². The predicted octanol–water partition coefficient (Wildman–Crippen LogP) is 25.6. The standard InChI is InChI=1S/C44H27NO.C27H16O.C18H13Br/c1-3-13-28(14-4-1)30-23-31(29-15-5-2-6-16-29)25-32(24-30)45-40-22-12-11-19-35(40)38-26-39-42(27-41(38)45)46-44-37-21-10-8-18-34(37)33-17-7-9-20-36(33)43(39)44;1-2-8-18-16(7-1)13-17-14-25-24(15-23(17)18)26-21-11-5-3-9-19(21)20-10-4-6-12-22(20)27(26)28-25;19-18-12-16(14-7-3-1-4-8-14)11-17(13-18)15-9-5-2-6-10-15/h1-27H;1-12,14-15H,13H2;1-13H. The van der Waals surface area contributed by atoms with Crippen LogP contribution in [0.4, 0.5) is 0 Å². The number of rotatable bonds is 5. The summed E-state index contributed by atoms with van der Waals surface area (Å²) in [4.78, 5) is 0. The molecule has 0 unspecified atom stereocenters. The highest BCUT2D eigenvalue weighted by atomic mass is 79.9. The van der Waals surface area contributed by atoms with Gasteiger partial charge in [0, 0.05) is 59.3 Å². The Hall–Kier alpha value is -11.6. The number of halogens is 1. The molecular weight excluding hydrogens is 1190 g/mol. The Morgan fingerprint density at radius 1 is 0.247 bits per heavy atom. The van der Waals surface area contributed by atoms with Crippen molar-refractivity contribution in [3.05, 3.63) is 343 Å². The number of aromatic nitrogens is 1. The molecule has 0 aliphatic heterocycles. The van der Waals surface area contributed by atoms with Crippen LogP contribution >= 0.6 is 15.9 Å². The molecule has 16 aromatic carbocycles. The smallest absolute Gasteiger partial charge is 0.143 e. The van der Waals surface area contributed by atoms with E-state index in [2.05, 4.69) is 336 Å². The van der Waals surface area contributed by atoms with Gasteiger partial charge in [-0.3, -0.25) is 0 Å². The number of benzene rings is 16. The fourth-order valence-corrected chi connectivity index (χ4v) is 15.2. The summed E-state index contributed by atoms with van der Waals surface area (Å²) in [6.45, 7) is 0. The van der Waals surface area contributed by atoms with Gasteiger partial charge < -0.3 is 13.4 Å². The molecule has 0 saturated carbocycles. The first-order chi connectivity index (χ1) is 46.0. The van der Waals surface area contributed by atoms with Gasteiger partial charge in [-0.1, -0.05) is 277 Å². The molecule has 3 heterocycles. The molecule has 1 aliphatic carbocycles. The van der Waals surface area contributed by atoms with Gasteiger partial charge in [-0.2, -0.15) is 0 Å². The third kappa shape index (κ3) is 9.32. The van der Waals surface area contributed by atoms with Gasteiger partial charge in [0.05, 0.1) is 11.0 Å². The molecule has 0 bridgehead atoms. The normalized spacial score (nSPS) is 11.9. The van der Waals surface area contributed by atoms with Crippen molar-refractivity contribution >= 4 is 125 Å². The van der Waals surface area contributed by atoms with Crippen molar-refractivity contribution in [3.8, 4) is 61.3 Å². The minimum atomic E-state index is 0.899. The second kappa shape index (κ2) is 22.4. The number of furan rings is 2. The van der Waals surface area contributed by atoms with Gasteiger partial charge in [-0.25, -0.2) is 0 Å². The van der Waals surface area contributed by atoms with Crippen molar-refractivity contribution in [1.82, 2.24) is 4.57 Å². The lowest BCUT2D eigenvalue weighted by atomic mass is 9.95. The highest BCUT2D eigenvalue weighted by molar-refractivity contribution is 9.10. The minimum absolute atomic E-state index is 0.899. The molecule has 0 fully saturated rings. The summed E-state index contributed by atoms with van der Waals surface area (Å²) in [7, 11) is 0. The van der Waals surface area contributed by atoms with Crippen molar-refractivity contribution in [2.24, 2.45) is 0 Å². The summed E-state index contributed by atoms with van der Waals surface area (Å²) < 4.78 is 16.9. The first kappa shape index (κ1) is 54.4. The summed E-state index contributed by atoms with van der Waals surface area (Å²) in [6.07, 6.45) is 0.986. The molecule has 93 heavy (non-hydrogen) atoms. The summed E-state index contributed by atoms with van der Waals surface area (Å²) >= 11 is 3.61. The van der Waals surface area contributed by atoms with Gasteiger partial charge in [-0.05, 0) is 166 Å². The van der Waals surface area contributed by atoms with Crippen LogP contribution in [0.2, 0.25) is 0 Å². The van der Waals surface area contributed by atoms with Crippen LogP contribution in [0.5, 0.6) is 0 Å². The lowest BCUT2D eigenvalue weighted by Gasteiger charge is -2.14. The Morgan fingerprint density at radius 3 is 1.14 bits per heavy atom. The number of hydrogen-bond acceptors (Lipinski definition) is 2. The largest absolute Gasteiger partial charge is 0.455 e. The number of fused-ring (bicyclic) bond motifs is 22. The third-order valence-electron chi connectivity index (χ3n) is 18.9. The molecule has 20 rings (SSSR count). The van der Waals surface area contributed by atoms with E-state index >= 15 is 0 Å². The molecule has 0 amide bonds. The fraction of sp³-hybridized carbons (Fsp3) is 0.0112. The van der Waals surface area contributed by atoms with Gasteiger partial charge in [0.1, 0.15) is 22.3 Å². The van der Waals surface area contributed by atoms with Gasteiger partial charge in [0.2, 0.25) is 0 Å². The van der Waals surface area contributed by atoms with Crippen LogP contribution in [-0.4, -0.2) is 4.57 Å². The quantitative estimate of drug-likeness (QED) is 0.161. The lowest BCUT2D eigenvalue weighted by molar-refractivity contribution is 0.672. The van der Waals surface area contributed by atoms with Gasteiger partial charge in [-0.15, -0.1) is 0 Å². The minimum Gasteiger partial charge on any atom is -0.455 e. The average Bonchev–Trinajstić information content (AvgIpc) is 1.66. The van der Waals surface area contributed by atoms with Gasteiger partial charge in [0.25, 0.3) is 0 Å². The van der Waals surface area contributed by atoms with Gasteiger partial charge >= 0.3 is 0 Å². The molecule has 19 aromatic rings. The maximum absolute atomic E-state index is 6.84. The number of para-hydroxylation sites is 1. The van der Waals surface area contributed by atoms with Crippen LogP contribution in [-0.2, 0) is 6.42 Å². The first-order valence-electron chi connectivity index (χ1n) is 31.8. The Labute approximate surface area is 545 Å². The average molecular weight is 1250 g/mol. The number of hydrogen-bond donors (Lipinski definition) is 0. The second-order valence-corrected chi connectivity index (χ2v) is 25.2. The molecule has 3 aromatic heterocycles. The first-order valence-corrected chi connectivity index (χ1v) is 32.6. The lowest BCUT2D eigenvalue weighted by Crippen LogP contribution is -1.96. The highest BCUT2D eigenvalue weighted by Crippen LogP contribution is 2.48. The zero-order valence-electron chi connectivity index (χ0n) is 50.5. The molecule has 436 valence electrons. The van der Waals surface area contributed by atoms with Crippen LogP contribution in [0.3, 0.4) is 0 Å². The van der Waals surface area contributed by atoms with Crippen molar-refractivity contribution < 1.29 is 8.83 Å². The Kier molecular flexibility index (Phi) is 13.1. The molecule has 1 aliphatic rings. The van der Waals surface area contributed by atoms with Crippen LogP contribution in [0.15, 0.2) is 341 Å². The summed E-state index contributed by atoms with van der Waals surface area (Å²) in [5.74, 6) is 0. The topological polar surface area (TPSA) is 31.2 Å². The molecule has 0 spiro atoms. The van der Waals surface area contributed by atoms with Crippen LogP contribution in [0.1, 0.15) is 11.1 Å². The van der Waals surface area contributed by atoms with Crippen LogP contribution in [0, 0.1) is 0 Å². The van der Waals surface area contributed by atoms with Crippen molar-refractivity contribution in [2.75, 3.05) is 0 Å². The molecule has 3 nitrogen and oxygen atoms in total. The Balaban J connectivity index is 0.000000114. The zero-order chi connectivity index (χ0) is 61.5. The van der Waals surface area contributed by atoms with Crippen molar-refractivity contribution in [3.63, 3.8) is 0 Å². The fourth-order valence-electron chi connectivity index (χ4n) is 14.7. The molecule has 0 saturated heterocycles. The maximum atomic E-state index is 6.84. The van der Waals surface area contributed by atoms with E-state index < -0.39 is 0 Å². The maximum Gasteiger partial charge on any atom is 0.143 e. The summed E-state index contributed by atoms with van der Waals surface area (Å²) in [5, 5.41) is 17.1. The molecule has 0 N–H and O–H groups in total. The third-order valence-corrected chi connectivity index (χ3v) is 19.4. The Morgan fingerprint density at radius 2 is 0.634 bits per heavy atom. The number of nitrogens with zero attached hydrogens (tertiary/aromatic N) is 1.